The number of aromatic nitrogens is 3. The van der Waals surface area contributed by atoms with Crippen LogP contribution in [0.4, 0.5) is 11.6 Å². The van der Waals surface area contributed by atoms with Crippen LogP contribution in [0.2, 0.25) is 0 Å². The summed E-state index contributed by atoms with van der Waals surface area (Å²) in [5, 5.41) is 9.62. The van der Waals surface area contributed by atoms with Crippen LogP contribution in [0.5, 0.6) is 0 Å². The van der Waals surface area contributed by atoms with E-state index >= 15 is 0 Å². The van der Waals surface area contributed by atoms with E-state index in [1.54, 1.807) is 19.1 Å². The molecule has 122 valence electrons. The molecule has 0 aliphatic carbocycles. The van der Waals surface area contributed by atoms with Gasteiger partial charge in [-0.1, -0.05) is 35.0 Å². The second kappa shape index (κ2) is 6.91. The molecule has 0 radical (unpaired) electrons. The predicted molar refractivity (Wildman–Crippen MR) is 88.9 cm³/mol. The number of rotatable bonds is 5. The molecule has 0 spiro atoms. The van der Waals surface area contributed by atoms with E-state index in [0.717, 1.165) is 5.56 Å². The molecule has 3 rings (SSSR count). The van der Waals surface area contributed by atoms with Crippen LogP contribution < -0.4 is 10.6 Å². The monoisotopic (exact) mass is 323 g/mol. The molecular weight excluding hydrogens is 306 g/mol. The molecule has 1 aromatic carbocycles. The number of aryl methyl sites for hydroxylation is 2. The zero-order valence-corrected chi connectivity index (χ0v) is 13.4. The molecule has 0 aliphatic heterocycles. The summed E-state index contributed by atoms with van der Waals surface area (Å²) in [6.07, 6.45) is 1.33. The highest BCUT2D eigenvalue weighted by Gasteiger charge is 2.09. The molecule has 7 nitrogen and oxygen atoms in total. The number of hydrogen-bond acceptors (Lipinski definition) is 6. The van der Waals surface area contributed by atoms with Crippen molar-refractivity contribution in [2.24, 2.45) is 0 Å². The highest BCUT2D eigenvalue weighted by atomic mass is 16.5. The van der Waals surface area contributed by atoms with Gasteiger partial charge in [0.25, 0.3) is 5.91 Å². The third-order valence-electron chi connectivity index (χ3n) is 3.36. The molecule has 24 heavy (non-hydrogen) atoms. The molecule has 0 saturated carbocycles. The van der Waals surface area contributed by atoms with Crippen molar-refractivity contribution >= 4 is 17.5 Å². The quantitative estimate of drug-likeness (QED) is 0.750. The van der Waals surface area contributed by atoms with Gasteiger partial charge >= 0.3 is 0 Å². The lowest BCUT2D eigenvalue weighted by molar-refractivity contribution is 0.0946. The first kappa shape index (κ1) is 15.7. The van der Waals surface area contributed by atoms with Crippen molar-refractivity contribution in [3.05, 3.63) is 65.3 Å². The van der Waals surface area contributed by atoms with Crippen molar-refractivity contribution in [1.82, 2.24) is 20.4 Å². The van der Waals surface area contributed by atoms with Crippen molar-refractivity contribution in [3.63, 3.8) is 0 Å². The van der Waals surface area contributed by atoms with Gasteiger partial charge in [0.15, 0.2) is 5.82 Å². The Kier molecular flexibility index (Phi) is 4.51. The SMILES string of the molecule is Cc1ccc(CNC(=O)c2cc(Nc3cc(C)on3)ncn2)cc1. The fraction of sp³-hybridized carbons (Fsp3) is 0.176. The maximum atomic E-state index is 12.2. The second-order valence-electron chi connectivity index (χ2n) is 5.40. The second-order valence-corrected chi connectivity index (χ2v) is 5.40. The summed E-state index contributed by atoms with van der Waals surface area (Å²) >= 11 is 0. The first-order valence-corrected chi connectivity index (χ1v) is 7.46. The number of carbonyl (C=O) groups excluding carboxylic acids is 1. The van der Waals surface area contributed by atoms with E-state index < -0.39 is 0 Å². The third kappa shape index (κ3) is 3.95. The molecule has 3 aromatic rings. The lowest BCUT2D eigenvalue weighted by atomic mass is 10.1. The van der Waals surface area contributed by atoms with Gasteiger partial charge in [0, 0.05) is 18.7 Å². The smallest absolute Gasteiger partial charge is 0.270 e. The Hall–Kier alpha value is -3.22. The Morgan fingerprint density at radius 3 is 2.58 bits per heavy atom. The van der Waals surface area contributed by atoms with Crippen LogP contribution in [-0.4, -0.2) is 21.0 Å². The van der Waals surface area contributed by atoms with Gasteiger partial charge in [-0.2, -0.15) is 0 Å². The zero-order valence-electron chi connectivity index (χ0n) is 13.4. The van der Waals surface area contributed by atoms with Crippen molar-refractivity contribution in [2.45, 2.75) is 20.4 Å². The van der Waals surface area contributed by atoms with Crippen molar-refractivity contribution < 1.29 is 9.32 Å². The number of amides is 1. The Morgan fingerprint density at radius 1 is 1.08 bits per heavy atom. The van der Waals surface area contributed by atoms with E-state index in [9.17, 15) is 4.79 Å². The summed E-state index contributed by atoms with van der Waals surface area (Å²) in [6.45, 7) is 4.25. The Labute approximate surface area is 139 Å². The minimum Gasteiger partial charge on any atom is -0.360 e. The molecule has 0 bridgehead atoms. The van der Waals surface area contributed by atoms with Gasteiger partial charge in [-0.3, -0.25) is 4.79 Å². The average molecular weight is 323 g/mol. The first-order chi connectivity index (χ1) is 11.6. The largest absolute Gasteiger partial charge is 0.360 e. The number of nitrogens with zero attached hydrogens (tertiary/aromatic N) is 3. The molecule has 1 amide bonds. The Bertz CT molecular complexity index is 842. The molecule has 2 aromatic heterocycles. The van der Waals surface area contributed by atoms with Crippen molar-refractivity contribution in [1.29, 1.82) is 0 Å². The topological polar surface area (TPSA) is 92.9 Å². The Balaban J connectivity index is 1.64. The van der Waals surface area contributed by atoms with Crippen LogP contribution >= 0.6 is 0 Å². The molecule has 0 fully saturated rings. The molecule has 0 unspecified atom stereocenters. The minimum atomic E-state index is -0.266. The van der Waals surface area contributed by atoms with E-state index in [4.69, 9.17) is 4.52 Å². The summed E-state index contributed by atoms with van der Waals surface area (Å²) in [6, 6.07) is 11.3. The van der Waals surface area contributed by atoms with Crippen LogP contribution in [-0.2, 0) is 6.54 Å². The number of hydrogen-bond donors (Lipinski definition) is 2. The molecule has 0 aliphatic rings. The number of anilines is 2. The van der Waals surface area contributed by atoms with Gasteiger partial charge in [0.2, 0.25) is 0 Å². The van der Waals surface area contributed by atoms with Crippen LogP contribution in [0.3, 0.4) is 0 Å². The van der Waals surface area contributed by atoms with E-state index in [-0.39, 0.29) is 11.6 Å². The van der Waals surface area contributed by atoms with Gasteiger partial charge in [0.05, 0.1) is 0 Å². The zero-order chi connectivity index (χ0) is 16.9. The van der Waals surface area contributed by atoms with Crippen LogP contribution in [0.15, 0.2) is 47.2 Å². The minimum absolute atomic E-state index is 0.266. The van der Waals surface area contributed by atoms with E-state index in [2.05, 4.69) is 25.8 Å². The van der Waals surface area contributed by atoms with Gasteiger partial charge in [-0.25, -0.2) is 9.97 Å². The van der Waals surface area contributed by atoms with Gasteiger partial charge < -0.3 is 15.2 Å². The lowest BCUT2D eigenvalue weighted by Crippen LogP contribution is -2.24. The highest BCUT2D eigenvalue weighted by Crippen LogP contribution is 2.14. The molecule has 2 heterocycles. The van der Waals surface area contributed by atoms with Crippen molar-refractivity contribution in [2.75, 3.05) is 5.32 Å². The summed E-state index contributed by atoms with van der Waals surface area (Å²) in [5.74, 6) is 1.41. The number of nitrogens with one attached hydrogen (secondary N) is 2. The molecule has 0 saturated heterocycles. The maximum Gasteiger partial charge on any atom is 0.270 e. The van der Waals surface area contributed by atoms with E-state index in [0.29, 0.717) is 23.9 Å². The number of benzene rings is 1. The summed E-state index contributed by atoms with van der Waals surface area (Å²) in [5.41, 5.74) is 2.49. The van der Waals surface area contributed by atoms with Gasteiger partial charge in [-0.05, 0) is 19.4 Å². The predicted octanol–water partition coefficient (Wildman–Crippen LogP) is 2.76. The molecule has 2 N–H and O–H groups in total. The maximum absolute atomic E-state index is 12.2. The lowest BCUT2D eigenvalue weighted by Gasteiger charge is -2.06. The van der Waals surface area contributed by atoms with Crippen LogP contribution in [0.1, 0.15) is 27.4 Å². The fourth-order valence-corrected chi connectivity index (χ4v) is 2.09. The molecular formula is C17H17N5O2. The highest BCUT2D eigenvalue weighted by molar-refractivity contribution is 5.92. The van der Waals surface area contributed by atoms with E-state index in [1.807, 2.05) is 31.2 Å². The third-order valence-corrected chi connectivity index (χ3v) is 3.36. The average Bonchev–Trinajstić information content (AvgIpc) is 2.99. The van der Waals surface area contributed by atoms with Crippen molar-refractivity contribution in [3.8, 4) is 0 Å². The van der Waals surface area contributed by atoms with Gasteiger partial charge in [-0.15, -0.1) is 0 Å². The first-order valence-electron chi connectivity index (χ1n) is 7.46. The summed E-state index contributed by atoms with van der Waals surface area (Å²) in [7, 11) is 0. The Morgan fingerprint density at radius 2 is 1.88 bits per heavy atom. The van der Waals surface area contributed by atoms with Crippen LogP contribution in [0, 0.1) is 13.8 Å². The fourth-order valence-electron chi connectivity index (χ4n) is 2.09. The normalized spacial score (nSPS) is 10.4. The van der Waals surface area contributed by atoms with E-state index in [1.165, 1.54) is 11.9 Å². The van der Waals surface area contributed by atoms with Gasteiger partial charge in [0.1, 0.15) is 23.6 Å². The molecule has 7 heteroatoms. The number of carbonyl (C=O) groups is 1. The molecule has 0 atom stereocenters. The van der Waals surface area contributed by atoms with Crippen LogP contribution in [0.25, 0.3) is 0 Å². The summed E-state index contributed by atoms with van der Waals surface area (Å²) < 4.78 is 4.98. The summed E-state index contributed by atoms with van der Waals surface area (Å²) in [4.78, 5) is 20.3. The standard InChI is InChI=1S/C17H17N5O2/c1-11-3-5-13(6-4-11)9-18-17(23)14-8-15(20-10-19-14)21-16-7-12(2)24-22-16/h3-8,10H,9H2,1-2H3,(H,18,23)(H,19,20,21,22).